The quantitative estimate of drug-likeness (QED) is 0.764. The number of anilines is 1. The SMILES string of the molecule is C[C@H]1[C@H](C(C)(C)O)[C@@H](CCO)O[C@H]1CCc1ccc(N2CCOC2=O)cc1. The van der Waals surface area contributed by atoms with Gasteiger partial charge in [0.25, 0.3) is 0 Å². The number of carbonyl (C=O) groups is 1. The fourth-order valence-electron chi connectivity index (χ4n) is 4.59. The topological polar surface area (TPSA) is 79.2 Å². The van der Waals surface area contributed by atoms with Crippen LogP contribution in [0.4, 0.5) is 10.5 Å². The summed E-state index contributed by atoms with van der Waals surface area (Å²) in [5.41, 5.74) is 1.21. The van der Waals surface area contributed by atoms with Crippen molar-refractivity contribution in [1.82, 2.24) is 0 Å². The van der Waals surface area contributed by atoms with Crippen molar-refractivity contribution in [2.45, 2.75) is 57.8 Å². The molecule has 150 valence electrons. The maximum absolute atomic E-state index is 11.6. The molecule has 2 fully saturated rings. The van der Waals surface area contributed by atoms with E-state index in [0.717, 1.165) is 18.5 Å². The van der Waals surface area contributed by atoms with Crippen LogP contribution in [-0.2, 0) is 15.9 Å². The average Bonchev–Trinajstić information content (AvgIpc) is 3.17. The van der Waals surface area contributed by atoms with Gasteiger partial charge in [-0.2, -0.15) is 0 Å². The minimum Gasteiger partial charge on any atom is -0.447 e. The zero-order chi connectivity index (χ0) is 19.6. The molecular weight excluding hydrogens is 346 g/mol. The minimum atomic E-state index is -0.833. The highest BCUT2D eigenvalue weighted by molar-refractivity contribution is 5.89. The summed E-state index contributed by atoms with van der Waals surface area (Å²) in [4.78, 5) is 13.3. The highest BCUT2D eigenvalue weighted by atomic mass is 16.6. The van der Waals surface area contributed by atoms with Gasteiger partial charge in [0.15, 0.2) is 0 Å². The molecule has 2 saturated heterocycles. The van der Waals surface area contributed by atoms with Gasteiger partial charge in [-0.3, -0.25) is 4.90 Å². The summed E-state index contributed by atoms with van der Waals surface area (Å²) in [5, 5.41) is 19.9. The molecule has 2 aliphatic rings. The van der Waals surface area contributed by atoms with Crippen LogP contribution in [-0.4, -0.2) is 53.9 Å². The van der Waals surface area contributed by atoms with Gasteiger partial charge in [-0.25, -0.2) is 4.79 Å². The lowest BCUT2D eigenvalue weighted by molar-refractivity contribution is -0.0424. The smallest absolute Gasteiger partial charge is 0.414 e. The second-order valence-corrected chi connectivity index (χ2v) is 8.23. The molecule has 0 spiro atoms. The van der Waals surface area contributed by atoms with Gasteiger partial charge in [0.2, 0.25) is 0 Å². The molecule has 4 atom stereocenters. The van der Waals surface area contributed by atoms with E-state index in [9.17, 15) is 15.0 Å². The third kappa shape index (κ3) is 4.45. The number of aliphatic hydroxyl groups is 2. The third-order valence-corrected chi connectivity index (χ3v) is 5.86. The second-order valence-electron chi connectivity index (χ2n) is 8.23. The molecule has 2 aliphatic heterocycles. The van der Waals surface area contributed by atoms with Gasteiger partial charge < -0.3 is 19.7 Å². The Morgan fingerprint density at radius 1 is 1.19 bits per heavy atom. The Kier molecular flexibility index (Phi) is 6.08. The zero-order valence-corrected chi connectivity index (χ0v) is 16.4. The molecule has 1 amide bonds. The minimum absolute atomic E-state index is 0.0122. The normalized spacial score (nSPS) is 28.6. The Balaban J connectivity index is 1.60. The number of nitrogens with zero attached hydrogens (tertiary/aromatic N) is 1. The predicted octanol–water partition coefficient (Wildman–Crippen LogP) is 2.75. The van der Waals surface area contributed by atoms with Gasteiger partial charge in [0, 0.05) is 18.2 Å². The Morgan fingerprint density at radius 3 is 2.44 bits per heavy atom. The molecular formula is C21H31NO5. The molecule has 27 heavy (non-hydrogen) atoms. The summed E-state index contributed by atoms with van der Waals surface area (Å²) in [7, 11) is 0. The summed E-state index contributed by atoms with van der Waals surface area (Å²) in [6.45, 7) is 6.88. The number of ether oxygens (including phenoxy) is 2. The molecule has 1 aromatic rings. The van der Waals surface area contributed by atoms with Gasteiger partial charge in [-0.1, -0.05) is 19.1 Å². The van der Waals surface area contributed by atoms with Crippen molar-refractivity contribution in [1.29, 1.82) is 0 Å². The number of aliphatic hydroxyl groups excluding tert-OH is 1. The number of rotatable bonds is 7. The molecule has 0 unspecified atom stereocenters. The van der Waals surface area contributed by atoms with Crippen molar-refractivity contribution in [2.24, 2.45) is 11.8 Å². The van der Waals surface area contributed by atoms with E-state index in [1.54, 1.807) is 4.90 Å². The molecule has 2 heterocycles. The van der Waals surface area contributed by atoms with Crippen molar-refractivity contribution in [2.75, 3.05) is 24.7 Å². The number of hydrogen-bond donors (Lipinski definition) is 2. The number of hydrogen-bond acceptors (Lipinski definition) is 5. The van der Waals surface area contributed by atoms with Gasteiger partial charge in [-0.15, -0.1) is 0 Å². The standard InChI is InChI=1S/C21H31NO5/c1-14-17(27-18(10-12-23)19(14)21(2,3)25)9-6-15-4-7-16(8-5-15)22-11-13-26-20(22)24/h4-5,7-8,14,17-19,23,25H,6,9-13H2,1-3H3/t14-,17+,18-,19+/m1/s1. The van der Waals surface area contributed by atoms with Crippen molar-refractivity contribution in [3.05, 3.63) is 29.8 Å². The summed E-state index contributed by atoms with van der Waals surface area (Å²) in [6, 6.07) is 7.99. The molecule has 0 saturated carbocycles. The average molecular weight is 377 g/mol. The summed E-state index contributed by atoms with van der Waals surface area (Å²) in [6.07, 6.45) is 1.94. The molecule has 1 aromatic carbocycles. The van der Waals surface area contributed by atoms with Crippen LogP contribution in [0.1, 0.15) is 39.2 Å². The monoisotopic (exact) mass is 377 g/mol. The number of aryl methyl sites for hydroxylation is 1. The van der Waals surface area contributed by atoms with Crippen molar-refractivity contribution in [3.63, 3.8) is 0 Å². The molecule has 6 nitrogen and oxygen atoms in total. The lowest BCUT2D eigenvalue weighted by Gasteiger charge is -2.32. The molecule has 0 aromatic heterocycles. The molecule has 6 heteroatoms. The Labute approximate surface area is 161 Å². The van der Waals surface area contributed by atoms with Gasteiger partial charge in [0.05, 0.1) is 24.4 Å². The number of amides is 1. The molecule has 2 N–H and O–H groups in total. The van der Waals surface area contributed by atoms with Crippen LogP contribution in [0.25, 0.3) is 0 Å². The van der Waals surface area contributed by atoms with Crippen LogP contribution in [0.3, 0.4) is 0 Å². The summed E-state index contributed by atoms with van der Waals surface area (Å²) in [5.74, 6) is 0.235. The van der Waals surface area contributed by atoms with Crippen molar-refractivity contribution >= 4 is 11.8 Å². The predicted molar refractivity (Wildman–Crippen MR) is 103 cm³/mol. The van der Waals surface area contributed by atoms with E-state index in [0.29, 0.717) is 19.6 Å². The van der Waals surface area contributed by atoms with E-state index in [2.05, 4.69) is 6.92 Å². The first-order valence-corrected chi connectivity index (χ1v) is 9.83. The van der Waals surface area contributed by atoms with Crippen LogP contribution in [0, 0.1) is 11.8 Å². The molecule has 0 bridgehead atoms. The van der Waals surface area contributed by atoms with E-state index >= 15 is 0 Å². The van der Waals surface area contributed by atoms with Crippen LogP contribution in [0.2, 0.25) is 0 Å². The first-order chi connectivity index (χ1) is 12.8. The fraction of sp³-hybridized carbons (Fsp3) is 0.667. The molecule has 0 radical (unpaired) electrons. The zero-order valence-electron chi connectivity index (χ0n) is 16.4. The van der Waals surface area contributed by atoms with E-state index in [-0.39, 0.29) is 36.7 Å². The van der Waals surface area contributed by atoms with E-state index < -0.39 is 5.60 Å². The Hall–Kier alpha value is -1.63. The maximum atomic E-state index is 11.6. The lowest BCUT2D eigenvalue weighted by Crippen LogP contribution is -2.40. The first kappa shape index (κ1) is 20.1. The van der Waals surface area contributed by atoms with Crippen molar-refractivity contribution in [3.8, 4) is 0 Å². The highest BCUT2D eigenvalue weighted by Gasteiger charge is 2.47. The Morgan fingerprint density at radius 2 is 1.89 bits per heavy atom. The molecule has 0 aliphatic carbocycles. The van der Waals surface area contributed by atoms with E-state index in [4.69, 9.17) is 9.47 Å². The first-order valence-electron chi connectivity index (χ1n) is 9.83. The van der Waals surface area contributed by atoms with Crippen LogP contribution in [0.5, 0.6) is 0 Å². The largest absolute Gasteiger partial charge is 0.447 e. The van der Waals surface area contributed by atoms with Gasteiger partial charge in [-0.05, 0) is 56.7 Å². The van der Waals surface area contributed by atoms with Gasteiger partial charge >= 0.3 is 6.09 Å². The third-order valence-electron chi connectivity index (χ3n) is 5.86. The summed E-state index contributed by atoms with van der Waals surface area (Å²) >= 11 is 0. The fourth-order valence-corrected chi connectivity index (χ4v) is 4.59. The molecule has 3 rings (SSSR count). The highest BCUT2D eigenvalue weighted by Crippen LogP contribution is 2.42. The maximum Gasteiger partial charge on any atom is 0.414 e. The summed E-state index contributed by atoms with van der Waals surface area (Å²) < 4.78 is 11.2. The van der Waals surface area contributed by atoms with Crippen LogP contribution < -0.4 is 4.90 Å². The van der Waals surface area contributed by atoms with E-state index in [1.807, 2.05) is 38.1 Å². The number of carbonyl (C=O) groups excluding carboxylic acids is 1. The van der Waals surface area contributed by atoms with E-state index in [1.165, 1.54) is 5.56 Å². The van der Waals surface area contributed by atoms with Crippen molar-refractivity contribution < 1.29 is 24.5 Å². The van der Waals surface area contributed by atoms with Crippen LogP contribution in [0.15, 0.2) is 24.3 Å². The number of cyclic esters (lactones) is 1. The van der Waals surface area contributed by atoms with Gasteiger partial charge in [0.1, 0.15) is 6.61 Å². The van der Waals surface area contributed by atoms with Crippen LogP contribution >= 0.6 is 0 Å². The lowest BCUT2D eigenvalue weighted by atomic mass is 9.76. The Bertz CT molecular complexity index is 639. The second kappa shape index (κ2) is 8.17. The number of benzene rings is 1.